The van der Waals surface area contributed by atoms with E-state index in [0.29, 0.717) is 17.7 Å². The summed E-state index contributed by atoms with van der Waals surface area (Å²) in [6, 6.07) is 9.82. The van der Waals surface area contributed by atoms with Crippen LogP contribution in [0.5, 0.6) is 5.75 Å². The number of nitrogens with zero attached hydrogens (tertiary/aromatic N) is 1. The van der Waals surface area contributed by atoms with Gasteiger partial charge in [-0.3, -0.25) is 9.59 Å². The number of fused-ring (bicyclic) bond motifs is 2. The molecule has 2 heterocycles. The van der Waals surface area contributed by atoms with Crippen LogP contribution in [0.4, 0.5) is 0 Å². The third-order valence-corrected chi connectivity index (χ3v) is 7.35. The Kier molecular flexibility index (Phi) is 5.02. The Morgan fingerprint density at radius 3 is 2.60 bits per heavy atom. The Morgan fingerprint density at radius 2 is 1.93 bits per heavy atom. The van der Waals surface area contributed by atoms with E-state index in [1.54, 1.807) is 39.0 Å². The second-order valence-electron chi connectivity index (χ2n) is 8.03. The van der Waals surface area contributed by atoms with E-state index in [1.807, 2.05) is 18.2 Å². The number of ether oxygens (including phenoxy) is 1. The summed E-state index contributed by atoms with van der Waals surface area (Å²) in [5.74, 6) is -2.82. The molecule has 0 unspecified atom stereocenters. The Hall–Kier alpha value is -2.58. The Balaban J connectivity index is 1.70. The van der Waals surface area contributed by atoms with Crippen LogP contribution in [0.2, 0.25) is 0 Å². The monoisotopic (exact) mass is 429 g/mol. The van der Waals surface area contributed by atoms with Gasteiger partial charge >= 0.3 is 5.97 Å². The molecule has 2 aliphatic rings. The maximum atomic E-state index is 13.4. The van der Waals surface area contributed by atoms with Crippen LogP contribution in [0.1, 0.15) is 31.1 Å². The number of aliphatic hydroxyl groups is 1. The lowest BCUT2D eigenvalue weighted by molar-refractivity contribution is -0.167. The predicted molar refractivity (Wildman–Crippen MR) is 113 cm³/mol. The van der Waals surface area contributed by atoms with Gasteiger partial charge in [-0.2, -0.15) is 0 Å². The number of hydrogen-bond donors (Lipinski definition) is 2. The molecule has 2 aromatic rings. The zero-order valence-electron chi connectivity index (χ0n) is 16.9. The highest BCUT2D eigenvalue weighted by molar-refractivity contribution is 8.01. The van der Waals surface area contributed by atoms with Crippen LogP contribution >= 0.6 is 11.8 Å². The van der Waals surface area contributed by atoms with Gasteiger partial charge < -0.3 is 19.8 Å². The van der Waals surface area contributed by atoms with Gasteiger partial charge in [0, 0.05) is 4.75 Å². The first-order valence-corrected chi connectivity index (χ1v) is 10.7. The van der Waals surface area contributed by atoms with Gasteiger partial charge in [-0.15, -0.1) is 11.8 Å². The van der Waals surface area contributed by atoms with Crippen molar-refractivity contribution in [2.75, 3.05) is 6.61 Å². The van der Waals surface area contributed by atoms with Gasteiger partial charge in [-0.25, -0.2) is 4.79 Å². The predicted octanol–water partition coefficient (Wildman–Crippen LogP) is 2.55. The second-order valence-corrected chi connectivity index (χ2v) is 9.80. The summed E-state index contributed by atoms with van der Waals surface area (Å²) in [5.41, 5.74) is 0.241. The van der Waals surface area contributed by atoms with Gasteiger partial charge in [0.25, 0.3) is 0 Å². The standard InChI is InChI=1S/C22H23NO6S/c1-4-29-13-10-9-11-7-5-6-8-12(11)14(13)16(24)17(25)15-19(26)23-18(21(27)28)22(2,3)30-20(15)23/h5-10,15,17-18,20,25H,4H2,1-3H3,(H,27,28)/t15-,17+,18+,20-/m1/s1. The molecule has 4 rings (SSSR count). The van der Waals surface area contributed by atoms with Crippen molar-refractivity contribution in [2.45, 2.75) is 43.0 Å². The topological polar surface area (TPSA) is 104 Å². The van der Waals surface area contributed by atoms with E-state index in [1.165, 1.54) is 16.7 Å². The quantitative estimate of drug-likeness (QED) is 0.537. The molecule has 2 aromatic carbocycles. The summed E-state index contributed by atoms with van der Waals surface area (Å²) in [6.07, 6.45) is -1.58. The zero-order chi connectivity index (χ0) is 21.8. The average molecular weight is 429 g/mol. The number of Topliss-reactive ketones (excluding diaryl/α,β-unsaturated/α-hetero) is 1. The van der Waals surface area contributed by atoms with E-state index in [0.717, 1.165) is 5.39 Å². The molecular weight excluding hydrogens is 406 g/mol. The normalized spacial score (nSPS) is 25.5. The number of β-lactam (4-membered cyclic amide) rings is 1. The lowest BCUT2D eigenvalue weighted by atomic mass is 9.84. The number of carbonyl (C=O) groups is 3. The minimum atomic E-state index is -1.58. The summed E-state index contributed by atoms with van der Waals surface area (Å²) < 4.78 is 4.91. The van der Waals surface area contributed by atoms with Crippen LogP contribution in [0, 0.1) is 5.92 Å². The Morgan fingerprint density at radius 1 is 1.23 bits per heavy atom. The van der Waals surface area contributed by atoms with Gasteiger partial charge in [-0.1, -0.05) is 30.3 Å². The van der Waals surface area contributed by atoms with E-state index < -0.39 is 45.8 Å². The van der Waals surface area contributed by atoms with Crippen LogP contribution in [0.25, 0.3) is 10.8 Å². The molecule has 2 saturated heterocycles. The van der Waals surface area contributed by atoms with Crippen LogP contribution in [-0.4, -0.2) is 61.6 Å². The summed E-state index contributed by atoms with van der Waals surface area (Å²) in [7, 11) is 0. The van der Waals surface area contributed by atoms with E-state index in [4.69, 9.17) is 4.74 Å². The fourth-order valence-corrected chi connectivity index (χ4v) is 6.14. The number of amides is 1. The molecule has 7 nitrogen and oxygen atoms in total. The molecule has 0 spiro atoms. The van der Waals surface area contributed by atoms with Crippen molar-refractivity contribution in [1.82, 2.24) is 4.90 Å². The molecule has 30 heavy (non-hydrogen) atoms. The molecular formula is C22H23NO6S. The number of benzene rings is 2. The number of aliphatic hydroxyl groups excluding tert-OH is 1. The van der Waals surface area contributed by atoms with Gasteiger partial charge in [0.05, 0.1) is 17.5 Å². The van der Waals surface area contributed by atoms with Crippen LogP contribution in [0.15, 0.2) is 36.4 Å². The molecule has 2 N–H and O–H groups in total. The number of hydrogen-bond acceptors (Lipinski definition) is 6. The van der Waals surface area contributed by atoms with Gasteiger partial charge in [0.1, 0.15) is 23.8 Å². The summed E-state index contributed by atoms with van der Waals surface area (Å²) in [5, 5.41) is 21.4. The lowest BCUT2D eigenvalue weighted by Crippen LogP contribution is -2.66. The van der Waals surface area contributed by atoms with E-state index in [2.05, 4.69) is 0 Å². The van der Waals surface area contributed by atoms with Crippen molar-refractivity contribution in [3.63, 3.8) is 0 Å². The number of carbonyl (C=O) groups excluding carboxylic acids is 2. The molecule has 0 aromatic heterocycles. The number of rotatable bonds is 6. The molecule has 8 heteroatoms. The van der Waals surface area contributed by atoms with Gasteiger partial charge in [0.2, 0.25) is 5.91 Å². The molecule has 2 fully saturated rings. The highest BCUT2D eigenvalue weighted by Gasteiger charge is 2.66. The molecule has 1 amide bonds. The number of carboxylic acid groups (broad SMARTS) is 1. The van der Waals surface area contributed by atoms with Crippen molar-refractivity contribution in [3.8, 4) is 5.75 Å². The van der Waals surface area contributed by atoms with Crippen molar-refractivity contribution < 1.29 is 29.3 Å². The number of ketones is 1. The molecule has 0 aliphatic carbocycles. The highest BCUT2D eigenvalue weighted by Crippen LogP contribution is 2.54. The lowest BCUT2D eigenvalue weighted by Gasteiger charge is -2.45. The first-order chi connectivity index (χ1) is 14.2. The minimum absolute atomic E-state index is 0.241. The van der Waals surface area contributed by atoms with Crippen molar-refractivity contribution in [3.05, 3.63) is 42.0 Å². The molecule has 0 radical (unpaired) electrons. The Labute approximate surface area is 178 Å². The fourth-order valence-electron chi connectivity index (χ4n) is 4.43. The Bertz CT molecular complexity index is 1050. The first-order valence-electron chi connectivity index (χ1n) is 9.78. The smallest absolute Gasteiger partial charge is 0.327 e. The molecule has 158 valence electrons. The molecule has 0 bridgehead atoms. The van der Waals surface area contributed by atoms with Gasteiger partial charge in [0.15, 0.2) is 5.78 Å². The minimum Gasteiger partial charge on any atom is -0.493 e. The number of carboxylic acids is 1. The number of aliphatic carboxylic acids is 1. The van der Waals surface area contributed by atoms with Crippen LogP contribution in [-0.2, 0) is 9.59 Å². The molecule has 4 atom stereocenters. The van der Waals surface area contributed by atoms with Crippen LogP contribution < -0.4 is 4.74 Å². The van der Waals surface area contributed by atoms with Crippen molar-refractivity contribution >= 4 is 40.2 Å². The first kappa shape index (κ1) is 20.7. The summed E-state index contributed by atoms with van der Waals surface area (Å²) in [6.45, 7) is 5.66. The van der Waals surface area contributed by atoms with Gasteiger partial charge in [-0.05, 0) is 37.6 Å². The zero-order valence-corrected chi connectivity index (χ0v) is 17.7. The average Bonchev–Trinajstić information content (AvgIpc) is 2.95. The SMILES string of the molecule is CCOc1ccc2ccccc2c1C(=O)[C@@H](O)[C@@H]1C(=O)N2[C@@H]1SC(C)(C)[C@@H]2C(=O)O. The van der Waals surface area contributed by atoms with E-state index in [9.17, 15) is 24.6 Å². The van der Waals surface area contributed by atoms with E-state index in [-0.39, 0.29) is 5.56 Å². The maximum Gasteiger partial charge on any atom is 0.327 e. The summed E-state index contributed by atoms with van der Waals surface area (Å²) >= 11 is 1.31. The third-order valence-electron chi connectivity index (χ3n) is 5.76. The largest absolute Gasteiger partial charge is 0.493 e. The van der Waals surface area contributed by atoms with Crippen LogP contribution in [0.3, 0.4) is 0 Å². The maximum absolute atomic E-state index is 13.4. The second kappa shape index (κ2) is 7.28. The fraction of sp³-hybridized carbons (Fsp3) is 0.409. The van der Waals surface area contributed by atoms with Crippen molar-refractivity contribution in [2.24, 2.45) is 5.92 Å². The number of thioether (sulfide) groups is 1. The van der Waals surface area contributed by atoms with E-state index >= 15 is 0 Å². The third kappa shape index (κ3) is 2.97. The summed E-state index contributed by atoms with van der Waals surface area (Å²) in [4.78, 5) is 39.1. The molecule has 2 aliphatic heterocycles. The molecule has 0 saturated carbocycles. The van der Waals surface area contributed by atoms with Crippen molar-refractivity contribution in [1.29, 1.82) is 0 Å². The highest BCUT2D eigenvalue weighted by atomic mass is 32.2.